The molecule has 2 fully saturated rings. The van der Waals surface area contributed by atoms with Gasteiger partial charge in [0.25, 0.3) is 0 Å². The third kappa shape index (κ3) is 2.33. The smallest absolute Gasteiger partial charge is 0.225 e. The summed E-state index contributed by atoms with van der Waals surface area (Å²) in [5.74, 6) is 0.475. The van der Waals surface area contributed by atoms with Gasteiger partial charge in [-0.15, -0.1) is 0 Å². The fourth-order valence-electron chi connectivity index (χ4n) is 2.42. The maximum Gasteiger partial charge on any atom is 0.225 e. The van der Waals surface area contributed by atoms with Crippen LogP contribution in [0.5, 0.6) is 0 Å². The lowest BCUT2D eigenvalue weighted by atomic mass is 9.91. The summed E-state index contributed by atoms with van der Waals surface area (Å²) in [4.78, 5) is 16.4. The van der Waals surface area contributed by atoms with Crippen LogP contribution in [0.1, 0.15) is 33.1 Å². The zero-order valence-corrected chi connectivity index (χ0v) is 9.91. The van der Waals surface area contributed by atoms with E-state index in [1.807, 2.05) is 18.7 Å². The van der Waals surface area contributed by atoms with E-state index in [1.54, 1.807) is 0 Å². The summed E-state index contributed by atoms with van der Waals surface area (Å²) in [6.07, 6.45) is 4.14. The second-order valence-electron chi connectivity index (χ2n) is 5.10. The lowest BCUT2D eigenvalue weighted by Crippen LogP contribution is -2.54. The third-order valence-corrected chi connectivity index (χ3v) is 3.71. The molecule has 0 atom stereocenters. The lowest BCUT2D eigenvalue weighted by molar-refractivity contribution is -0.136. The van der Waals surface area contributed by atoms with Crippen LogP contribution in [0.3, 0.4) is 0 Å². The second-order valence-corrected chi connectivity index (χ2v) is 5.10. The van der Waals surface area contributed by atoms with Crippen LogP contribution in [0.25, 0.3) is 0 Å². The Morgan fingerprint density at radius 3 is 2.13 bits per heavy atom. The highest BCUT2D eigenvalue weighted by atomic mass is 16.2. The highest BCUT2D eigenvalue weighted by molar-refractivity contribution is 5.78. The molecule has 1 aliphatic carbocycles. The first-order chi connectivity index (χ1) is 7.18. The van der Waals surface area contributed by atoms with Crippen LogP contribution in [0.4, 0.5) is 0 Å². The van der Waals surface area contributed by atoms with Gasteiger partial charge < -0.3 is 4.90 Å². The Labute approximate surface area is 92.4 Å². The molecule has 1 heterocycles. The van der Waals surface area contributed by atoms with Gasteiger partial charge in [-0.2, -0.15) is 0 Å². The molecule has 3 heteroatoms. The third-order valence-electron chi connectivity index (χ3n) is 3.71. The molecule has 15 heavy (non-hydrogen) atoms. The van der Waals surface area contributed by atoms with Gasteiger partial charge in [0.1, 0.15) is 0 Å². The largest absolute Gasteiger partial charge is 0.340 e. The topological polar surface area (TPSA) is 23.6 Å². The van der Waals surface area contributed by atoms with E-state index in [1.165, 1.54) is 19.3 Å². The average molecular weight is 210 g/mol. The summed E-state index contributed by atoms with van der Waals surface area (Å²) >= 11 is 0. The molecule has 3 nitrogen and oxygen atoms in total. The molecule has 0 N–H and O–H groups in total. The number of amides is 1. The van der Waals surface area contributed by atoms with Gasteiger partial charge in [0.2, 0.25) is 5.91 Å². The standard InChI is InChI=1S/C12H22N2O/c1-10(2)12(15)14-8-6-13(7-9-14)11-4-3-5-11/h10-11H,3-9H2,1-2H3. The maximum atomic E-state index is 11.8. The van der Waals surface area contributed by atoms with Gasteiger partial charge >= 0.3 is 0 Å². The summed E-state index contributed by atoms with van der Waals surface area (Å²) in [5, 5.41) is 0. The molecular formula is C12H22N2O. The number of hydrogen-bond donors (Lipinski definition) is 0. The van der Waals surface area contributed by atoms with Gasteiger partial charge in [-0.05, 0) is 12.8 Å². The second kappa shape index (κ2) is 4.52. The van der Waals surface area contributed by atoms with Crippen molar-refractivity contribution in [2.75, 3.05) is 26.2 Å². The first kappa shape index (κ1) is 10.9. The summed E-state index contributed by atoms with van der Waals surface area (Å²) in [5.41, 5.74) is 0. The normalized spacial score (nSPS) is 24.3. The molecule has 2 rings (SSSR count). The number of piperazine rings is 1. The molecule has 0 radical (unpaired) electrons. The van der Waals surface area contributed by atoms with Crippen LogP contribution < -0.4 is 0 Å². The molecular weight excluding hydrogens is 188 g/mol. The van der Waals surface area contributed by atoms with E-state index in [9.17, 15) is 4.79 Å². The predicted octanol–water partition coefficient (Wildman–Crippen LogP) is 1.34. The van der Waals surface area contributed by atoms with E-state index >= 15 is 0 Å². The number of carbonyl (C=O) groups is 1. The first-order valence-corrected chi connectivity index (χ1v) is 6.21. The minimum absolute atomic E-state index is 0.153. The summed E-state index contributed by atoms with van der Waals surface area (Å²) in [6, 6.07) is 0.835. The number of nitrogens with zero attached hydrogens (tertiary/aromatic N) is 2. The van der Waals surface area contributed by atoms with Crippen molar-refractivity contribution in [3.63, 3.8) is 0 Å². The van der Waals surface area contributed by atoms with E-state index in [0.717, 1.165) is 32.2 Å². The quantitative estimate of drug-likeness (QED) is 0.686. The highest BCUT2D eigenvalue weighted by Gasteiger charge is 2.29. The van der Waals surface area contributed by atoms with Crippen molar-refractivity contribution >= 4 is 5.91 Å². The number of carbonyl (C=O) groups excluding carboxylic acids is 1. The Hall–Kier alpha value is -0.570. The van der Waals surface area contributed by atoms with Crippen LogP contribution in [0.2, 0.25) is 0 Å². The van der Waals surface area contributed by atoms with Crippen molar-refractivity contribution in [3.05, 3.63) is 0 Å². The first-order valence-electron chi connectivity index (χ1n) is 6.21. The molecule has 0 spiro atoms. The van der Waals surface area contributed by atoms with Crippen molar-refractivity contribution < 1.29 is 4.79 Å². The SMILES string of the molecule is CC(C)C(=O)N1CCN(C2CCC2)CC1. The van der Waals surface area contributed by atoms with Gasteiger partial charge in [0.15, 0.2) is 0 Å². The van der Waals surface area contributed by atoms with E-state index < -0.39 is 0 Å². The molecule has 0 aromatic carbocycles. The molecule has 0 aromatic heterocycles. The van der Waals surface area contributed by atoms with Crippen LogP contribution in [-0.2, 0) is 4.79 Å². The Balaban J connectivity index is 1.78. The monoisotopic (exact) mass is 210 g/mol. The molecule has 1 amide bonds. The fraction of sp³-hybridized carbons (Fsp3) is 0.917. The zero-order chi connectivity index (χ0) is 10.8. The summed E-state index contributed by atoms with van der Waals surface area (Å²) < 4.78 is 0. The van der Waals surface area contributed by atoms with Crippen LogP contribution in [-0.4, -0.2) is 47.9 Å². The Morgan fingerprint density at radius 2 is 1.73 bits per heavy atom. The Kier molecular flexibility index (Phi) is 3.29. The Bertz CT molecular complexity index is 228. The van der Waals surface area contributed by atoms with Crippen LogP contribution in [0.15, 0.2) is 0 Å². The van der Waals surface area contributed by atoms with Gasteiger partial charge in [-0.3, -0.25) is 9.69 Å². The van der Waals surface area contributed by atoms with E-state index in [0.29, 0.717) is 5.91 Å². The molecule has 1 aliphatic heterocycles. The number of rotatable bonds is 2. The molecule has 1 saturated carbocycles. The molecule has 0 bridgehead atoms. The van der Waals surface area contributed by atoms with E-state index in [-0.39, 0.29) is 5.92 Å². The van der Waals surface area contributed by atoms with Gasteiger partial charge in [0, 0.05) is 38.1 Å². The Morgan fingerprint density at radius 1 is 1.13 bits per heavy atom. The summed E-state index contributed by atoms with van der Waals surface area (Å²) in [7, 11) is 0. The zero-order valence-electron chi connectivity index (χ0n) is 9.91. The number of hydrogen-bond acceptors (Lipinski definition) is 2. The van der Waals surface area contributed by atoms with Crippen molar-refractivity contribution in [1.82, 2.24) is 9.80 Å². The summed E-state index contributed by atoms with van der Waals surface area (Å²) in [6.45, 7) is 8.02. The molecule has 1 saturated heterocycles. The van der Waals surface area contributed by atoms with Gasteiger partial charge in [-0.25, -0.2) is 0 Å². The van der Waals surface area contributed by atoms with Crippen molar-refractivity contribution in [2.24, 2.45) is 5.92 Å². The minimum Gasteiger partial charge on any atom is -0.340 e. The minimum atomic E-state index is 0.153. The van der Waals surface area contributed by atoms with Crippen molar-refractivity contribution in [1.29, 1.82) is 0 Å². The highest BCUT2D eigenvalue weighted by Crippen LogP contribution is 2.25. The molecule has 0 aromatic rings. The van der Waals surface area contributed by atoms with Crippen molar-refractivity contribution in [2.45, 2.75) is 39.2 Å². The lowest BCUT2D eigenvalue weighted by Gasteiger charge is -2.43. The van der Waals surface area contributed by atoms with Crippen LogP contribution in [0, 0.1) is 5.92 Å². The molecule has 86 valence electrons. The van der Waals surface area contributed by atoms with Crippen LogP contribution >= 0.6 is 0 Å². The average Bonchev–Trinajstić information content (AvgIpc) is 2.15. The predicted molar refractivity (Wildman–Crippen MR) is 60.6 cm³/mol. The van der Waals surface area contributed by atoms with Crippen molar-refractivity contribution in [3.8, 4) is 0 Å². The molecule has 2 aliphatic rings. The van der Waals surface area contributed by atoms with Gasteiger partial charge in [-0.1, -0.05) is 20.3 Å². The van der Waals surface area contributed by atoms with E-state index in [2.05, 4.69) is 4.90 Å². The maximum absolute atomic E-state index is 11.8. The van der Waals surface area contributed by atoms with Gasteiger partial charge in [0.05, 0.1) is 0 Å². The van der Waals surface area contributed by atoms with E-state index in [4.69, 9.17) is 0 Å². The molecule has 0 unspecified atom stereocenters. The fourth-order valence-corrected chi connectivity index (χ4v) is 2.42.